The van der Waals surface area contributed by atoms with E-state index in [9.17, 15) is 14.9 Å². The van der Waals surface area contributed by atoms with Crippen molar-refractivity contribution in [3.63, 3.8) is 0 Å². The van der Waals surface area contributed by atoms with E-state index in [1.165, 1.54) is 13.2 Å². The number of nitrogens with zero attached hydrogens (tertiary/aromatic N) is 1. The average molecular weight is 238 g/mol. The summed E-state index contributed by atoms with van der Waals surface area (Å²) in [6, 6.07) is 6.50. The van der Waals surface area contributed by atoms with E-state index in [0.29, 0.717) is 18.7 Å². The topological polar surface area (TPSA) is 81.5 Å². The summed E-state index contributed by atoms with van der Waals surface area (Å²) in [6.07, 6.45) is 0.247. The molecule has 0 aliphatic carbocycles. The summed E-state index contributed by atoms with van der Waals surface area (Å²) in [5.41, 5.74) is 0.681. The molecule has 92 valence electrons. The lowest BCUT2D eigenvalue weighted by Gasteiger charge is -2.04. The lowest BCUT2D eigenvalue weighted by atomic mass is 10.2. The highest BCUT2D eigenvalue weighted by molar-refractivity contribution is 5.69. The molecule has 0 atom stereocenters. The lowest BCUT2D eigenvalue weighted by molar-refractivity contribution is -0.385. The molecule has 0 heterocycles. The first-order valence-electron chi connectivity index (χ1n) is 5.15. The largest absolute Gasteiger partial charge is 0.469 e. The van der Waals surface area contributed by atoms with Gasteiger partial charge in [0, 0.05) is 24.7 Å². The summed E-state index contributed by atoms with van der Waals surface area (Å²) in [5, 5.41) is 13.7. The Hall–Kier alpha value is -1.95. The highest BCUT2D eigenvalue weighted by atomic mass is 16.6. The van der Waals surface area contributed by atoms with Gasteiger partial charge in [0.25, 0.3) is 5.69 Å². The molecule has 0 saturated carbocycles. The molecule has 6 nitrogen and oxygen atoms in total. The van der Waals surface area contributed by atoms with E-state index in [4.69, 9.17) is 0 Å². The van der Waals surface area contributed by atoms with Crippen LogP contribution in [0.5, 0.6) is 0 Å². The Bertz CT molecular complexity index is 406. The Morgan fingerprint density at radius 3 is 2.82 bits per heavy atom. The number of para-hydroxylation sites is 1. The second-order valence-electron chi connectivity index (χ2n) is 3.39. The Labute approximate surface area is 98.7 Å². The summed E-state index contributed by atoms with van der Waals surface area (Å²) in [4.78, 5) is 21.1. The summed E-state index contributed by atoms with van der Waals surface area (Å²) < 4.78 is 4.48. The summed E-state index contributed by atoms with van der Waals surface area (Å²) >= 11 is 0. The van der Waals surface area contributed by atoms with Crippen LogP contribution >= 0.6 is 0 Å². The normalized spacial score (nSPS) is 9.94. The van der Waals surface area contributed by atoms with Crippen LogP contribution < -0.4 is 5.32 Å². The van der Waals surface area contributed by atoms with Crippen molar-refractivity contribution in [2.24, 2.45) is 0 Å². The number of nitro benzene ring substituents is 1. The minimum Gasteiger partial charge on any atom is -0.469 e. The van der Waals surface area contributed by atoms with Crippen molar-refractivity contribution in [2.45, 2.75) is 13.0 Å². The number of benzene rings is 1. The molecule has 1 N–H and O–H groups in total. The van der Waals surface area contributed by atoms with Crippen molar-refractivity contribution in [1.29, 1.82) is 0 Å². The lowest BCUT2D eigenvalue weighted by Crippen LogP contribution is -2.19. The Balaban J connectivity index is 2.46. The Morgan fingerprint density at radius 1 is 1.47 bits per heavy atom. The molecule has 0 amide bonds. The molecule has 0 aliphatic rings. The van der Waals surface area contributed by atoms with Gasteiger partial charge in [0.15, 0.2) is 0 Å². The fraction of sp³-hybridized carbons (Fsp3) is 0.364. The zero-order chi connectivity index (χ0) is 12.7. The van der Waals surface area contributed by atoms with Crippen molar-refractivity contribution < 1.29 is 14.5 Å². The predicted molar refractivity (Wildman–Crippen MR) is 61.4 cm³/mol. The molecule has 1 aromatic rings. The number of carbonyl (C=O) groups excluding carboxylic acids is 1. The van der Waals surface area contributed by atoms with Gasteiger partial charge < -0.3 is 10.1 Å². The van der Waals surface area contributed by atoms with Crippen LogP contribution in [-0.2, 0) is 16.1 Å². The van der Waals surface area contributed by atoms with E-state index in [0.717, 1.165) is 0 Å². The molecule has 0 aromatic heterocycles. The van der Waals surface area contributed by atoms with Gasteiger partial charge >= 0.3 is 5.97 Å². The number of esters is 1. The molecular weight excluding hydrogens is 224 g/mol. The highest BCUT2D eigenvalue weighted by Crippen LogP contribution is 2.16. The number of rotatable bonds is 6. The number of nitro groups is 1. The van der Waals surface area contributed by atoms with E-state index in [1.807, 2.05) is 0 Å². The zero-order valence-electron chi connectivity index (χ0n) is 9.51. The van der Waals surface area contributed by atoms with Gasteiger partial charge in [-0.05, 0) is 0 Å². The van der Waals surface area contributed by atoms with E-state index in [2.05, 4.69) is 10.1 Å². The molecule has 0 radical (unpaired) electrons. The van der Waals surface area contributed by atoms with Crippen molar-refractivity contribution in [3.05, 3.63) is 39.9 Å². The number of ether oxygens (including phenoxy) is 1. The fourth-order valence-electron chi connectivity index (χ4n) is 1.35. The van der Waals surface area contributed by atoms with Crippen LogP contribution in [0.25, 0.3) is 0 Å². The third-order valence-electron chi connectivity index (χ3n) is 2.24. The van der Waals surface area contributed by atoms with Crippen LogP contribution in [-0.4, -0.2) is 24.5 Å². The minimum absolute atomic E-state index is 0.0815. The molecule has 0 fully saturated rings. The predicted octanol–water partition coefficient (Wildman–Crippen LogP) is 1.25. The standard InChI is InChI=1S/C11H14N2O4/c1-17-11(14)6-7-12-8-9-4-2-3-5-10(9)13(15)16/h2-5,12H,6-8H2,1H3. The van der Waals surface area contributed by atoms with E-state index < -0.39 is 4.92 Å². The fourth-order valence-corrected chi connectivity index (χ4v) is 1.35. The van der Waals surface area contributed by atoms with Gasteiger partial charge in [0.05, 0.1) is 18.5 Å². The molecular formula is C11H14N2O4. The molecule has 0 saturated heterocycles. The molecule has 0 bridgehead atoms. The summed E-state index contributed by atoms with van der Waals surface area (Å²) in [7, 11) is 1.32. The van der Waals surface area contributed by atoms with Crippen LogP contribution in [0, 0.1) is 10.1 Å². The van der Waals surface area contributed by atoms with Gasteiger partial charge in [-0.15, -0.1) is 0 Å². The second kappa shape index (κ2) is 6.59. The third-order valence-corrected chi connectivity index (χ3v) is 2.24. The van der Waals surface area contributed by atoms with E-state index >= 15 is 0 Å². The number of methoxy groups -OCH3 is 1. The molecule has 17 heavy (non-hydrogen) atoms. The maximum absolute atomic E-state index is 10.8. The van der Waals surface area contributed by atoms with Crippen molar-refractivity contribution in [2.75, 3.05) is 13.7 Å². The quantitative estimate of drug-likeness (QED) is 0.349. The molecule has 0 unspecified atom stereocenters. The summed E-state index contributed by atoms with van der Waals surface area (Å²) in [6.45, 7) is 0.785. The monoisotopic (exact) mass is 238 g/mol. The Kier molecular flexibility index (Phi) is 5.09. The van der Waals surface area contributed by atoms with Crippen molar-refractivity contribution in [3.8, 4) is 0 Å². The SMILES string of the molecule is COC(=O)CCNCc1ccccc1[N+](=O)[O-]. The zero-order valence-corrected chi connectivity index (χ0v) is 9.51. The van der Waals surface area contributed by atoms with E-state index in [-0.39, 0.29) is 18.1 Å². The number of carbonyl (C=O) groups is 1. The highest BCUT2D eigenvalue weighted by Gasteiger charge is 2.11. The van der Waals surface area contributed by atoms with E-state index in [1.54, 1.807) is 18.2 Å². The maximum atomic E-state index is 10.8. The van der Waals surface area contributed by atoms with Gasteiger partial charge in [0.2, 0.25) is 0 Å². The van der Waals surface area contributed by atoms with Gasteiger partial charge in [-0.3, -0.25) is 14.9 Å². The molecule has 1 aromatic carbocycles. The Morgan fingerprint density at radius 2 is 2.18 bits per heavy atom. The number of hydrogen-bond acceptors (Lipinski definition) is 5. The first kappa shape index (κ1) is 13.1. The third kappa shape index (κ3) is 4.20. The van der Waals surface area contributed by atoms with Gasteiger partial charge in [0.1, 0.15) is 0 Å². The maximum Gasteiger partial charge on any atom is 0.306 e. The van der Waals surface area contributed by atoms with Crippen LogP contribution in [0.1, 0.15) is 12.0 Å². The molecule has 6 heteroatoms. The van der Waals surface area contributed by atoms with Gasteiger partial charge in [-0.1, -0.05) is 18.2 Å². The van der Waals surface area contributed by atoms with Gasteiger partial charge in [-0.25, -0.2) is 0 Å². The van der Waals surface area contributed by atoms with Crippen LogP contribution in [0.4, 0.5) is 5.69 Å². The van der Waals surface area contributed by atoms with Crippen molar-refractivity contribution in [1.82, 2.24) is 5.32 Å². The summed E-state index contributed by atoms with van der Waals surface area (Å²) in [5.74, 6) is -0.305. The van der Waals surface area contributed by atoms with Crippen LogP contribution in [0.15, 0.2) is 24.3 Å². The van der Waals surface area contributed by atoms with Crippen LogP contribution in [0.2, 0.25) is 0 Å². The smallest absolute Gasteiger partial charge is 0.306 e. The first-order chi connectivity index (χ1) is 8.15. The molecule has 0 aliphatic heterocycles. The number of hydrogen-bond donors (Lipinski definition) is 1. The molecule has 1 rings (SSSR count). The molecule has 0 spiro atoms. The second-order valence-corrected chi connectivity index (χ2v) is 3.39. The average Bonchev–Trinajstić information content (AvgIpc) is 2.34. The van der Waals surface area contributed by atoms with Crippen molar-refractivity contribution >= 4 is 11.7 Å². The van der Waals surface area contributed by atoms with Gasteiger partial charge in [-0.2, -0.15) is 0 Å². The first-order valence-corrected chi connectivity index (χ1v) is 5.15. The number of nitrogens with one attached hydrogen (secondary N) is 1. The minimum atomic E-state index is -0.419. The van der Waals surface area contributed by atoms with Crippen LogP contribution in [0.3, 0.4) is 0 Å².